The van der Waals surface area contributed by atoms with E-state index in [0.29, 0.717) is 16.8 Å². The van der Waals surface area contributed by atoms with Crippen molar-refractivity contribution in [1.29, 1.82) is 0 Å². The lowest BCUT2D eigenvalue weighted by Gasteiger charge is -2.24. The maximum absolute atomic E-state index is 12.7. The Morgan fingerprint density at radius 3 is 2.56 bits per heavy atom. The predicted molar refractivity (Wildman–Crippen MR) is 101 cm³/mol. The molecule has 27 heavy (non-hydrogen) atoms. The number of hydrogen-bond donors (Lipinski definition) is 1. The van der Waals surface area contributed by atoms with Crippen molar-refractivity contribution in [3.05, 3.63) is 53.7 Å². The molecule has 0 spiro atoms. The van der Waals surface area contributed by atoms with E-state index >= 15 is 0 Å². The predicted octanol–water partition coefficient (Wildman–Crippen LogP) is 2.26. The molecule has 2 amide bonds. The number of nitrogens with two attached hydrogens (primary N) is 1. The number of aromatic nitrogens is 1. The fourth-order valence-electron chi connectivity index (χ4n) is 2.56. The third-order valence-corrected chi connectivity index (χ3v) is 4.12. The minimum Gasteiger partial charge on any atom is -0.461 e. The van der Waals surface area contributed by atoms with E-state index in [2.05, 4.69) is 4.98 Å². The highest BCUT2D eigenvalue weighted by Gasteiger charge is 2.19. The fourth-order valence-corrected chi connectivity index (χ4v) is 2.56. The van der Waals surface area contributed by atoms with Crippen LogP contribution in [0.15, 0.2) is 42.5 Å². The van der Waals surface area contributed by atoms with Crippen LogP contribution in [-0.4, -0.2) is 47.4 Å². The molecule has 2 aromatic rings. The van der Waals surface area contributed by atoms with Crippen LogP contribution in [0, 0.1) is 0 Å². The van der Waals surface area contributed by atoms with Gasteiger partial charge in [-0.2, -0.15) is 0 Å². The van der Waals surface area contributed by atoms with E-state index in [1.807, 2.05) is 0 Å². The number of esters is 1. The molecule has 1 atom stereocenters. The second kappa shape index (κ2) is 8.93. The molecule has 142 valence electrons. The monoisotopic (exact) mass is 369 g/mol. The quantitative estimate of drug-likeness (QED) is 0.754. The first-order valence-electron chi connectivity index (χ1n) is 8.63. The van der Waals surface area contributed by atoms with Crippen molar-refractivity contribution in [1.82, 2.24) is 9.88 Å². The van der Waals surface area contributed by atoms with Crippen LogP contribution < -0.4 is 5.73 Å². The van der Waals surface area contributed by atoms with Crippen molar-refractivity contribution in [3.63, 3.8) is 0 Å². The fraction of sp³-hybridized carbons (Fsp3) is 0.300. The van der Waals surface area contributed by atoms with Gasteiger partial charge in [-0.05, 0) is 38.1 Å². The van der Waals surface area contributed by atoms with Crippen LogP contribution in [0.25, 0.3) is 11.3 Å². The summed E-state index contributed by atoms with van der Waals surface area (Å²) in [4.78, 5) is 41.4. The Bertz CT molecular complexity index is 851. The molecule has 1 heterocycles. The van der Waals surface area contributed by atoms with Crippen molar-refractivity contribution in [2.75, 3.05) is 13.7 Å². The molecule has 0 aliphatic carbocycles. The van der Waals surface area contributed by atoms with E-state index < -0.39 is 11.9 Å². The number of benzene rings is 1. The Kier molecular flexibility index (Phi) is 6.65. The molecule has 1 aromatic carbocycles. The second-order valence-corrected chi connectivity index (χ2v) is 6.14. The van der Waals surface area contributed by atoms with Crippen LogP contribution in [-0.2, 0) is 9.53 Å². The molecule has 7 heteroatoms. The largest absolute Gasteiger partial charge is 0.461 e. The maximum Gasteiger partial charge on any atom is 0.356 e. The molecule has 7 nitrogen and oxygen atoms in total. The zero-order chi connectivity index (χ0) is 20.0. The number of pyridine rings is 1. The maximum atomic E-state index is 12.7. The van der Waals surface area contributed by atoms with Crippen molar-refractivity contribution < 1.29 is 19.1 Å². The Labute approximate surface area is 158 Å². The number of nitrogens with zero attached hydrogens (tertiary/aromatic N) is 2. The highest BCUT2D eigenvalue weighted by molar-refractivity contribution is 5.96. The number of carbonyl (C=O) groups is 3. The summed E-state index contributed by atoms with van der Waals surface area (Å²) in [6.45, 7) is 3.76. The number of amides is 2. The molecule has 0 radical (unpaired) electrons. The van der Waals surface area contributed by atoms with Crippen LogP contribution >= 0.6 is 0 Å². The smallest absolute Gasteiger partial charge is 0.356 e. The van der Waals surface area contributed by atoms with Gasteiger partial charge in [-0.25, -0.2) is 9.78 Å². The van der Waals surface area contributed by atoms with Gasteiger partial charge in [0.15, 0.2) is 0 Å². The van der Waals surface area contributed by atoms with E-state index in [9.17, 15) is 14.4 Å². The van der Waals surface area contributed by atoms with Crippen LogP contribution in [0.3, 0.4) is 0 Å². The molecular weight excluding hydrogens is 346 g/mol. The van der Waals surface area contributed by atoms with Crippen LogP contribution in [0.1, 0.15) is 41.1 Å². The standard InChI is InChI=1S/C20H23N3O4/c1-4-27-20(26)17-10-6-9-16(22-17)14-7-5-8-15(12-14)19(25)23(3)13(2)11-18(21)24/h5-10,12-13H,4,11H2,1-3H3,(H2,21,24)/t13-/m1/s1. The summed E-state index contributed by atoms with van der Waals surface area (Å²) in [5.74, 6) is -1.19. The highest BCUT2D eigenvalue weighted by Crippen LogP contribution is 2.20. The molecule has 2 rings (SSSR count). The molecule has 0 saturated carbocycles. The van der Waals surface area contributed by atoms with Gasteiger partial charge < -0.3 is 15.4 Å². The van der Waals surface area contributed by atoms with Gasteiger partial charge in [0.25, 0.3) is 5.91 Å². The summed E-state index contributed by atoms with van der Waals surface area (Å²) in [6, 6.07) is 11.7. The van der Waals surface area contributed by atoms with Gasteiger partial charge in [0, 0.05) is 30.6 Å². The number of rotatable bonds is 7. The van der Waals surface area contributed by atoms with Gasteiger partial charge in [-0.15, -0.1) is 0 Å². The third-order valence-electron chi connectivity index (χ3n) is 4.12. The summed E-state index contributed by atoms with van der Waals surface area (Å²) < 4.78 is 4.97. The summed E-state index contributed by atoms with van der Waals surface area (Å²) in [5, 5.41) is 0. The average molecular weight is 369 g/mol. The zero-order valence-corrected chi connectivity index (χ0v) is 15.6. The number of carbonyl (C=O) groups excluding carboxylic acids is 3. The first-order valence-corrected chi connectivity index (χ1v) is 8.63. The number of primary amides is 1. The second-order valence-electron chi connectivity index (χ2n) is 6.14. The highest BCUT2D eigenvalue weighted by atomic mass is 16.5. The van der Waals surface area contributed by atoms with Crippen molar-refractivity contribution in [2.24, 2.45) is 5.73 Å². The lowest BCUT2D eigenvalue weighted by Crippen LogP contribution is -2.37. The molecule has 1 aromatic heterocycles. The summed E-state index contributed by atoms with van der Waals surface area (Å²) in [6.07, 6.45) is 0.0884. The van der Waals surface area contributed by atoms with Gasteiger partial charge in [0.1, 0.15) is 5.69 Å². The Morgan fingerprint density at radius 2 is 1.89 bits per heavy atom. The van der Waals surface area contributed by atoms with Crippen molar-refractivity contribution in [3.8, 4) is 11.3 Å². The van der Waals surface area contributed by atoms with Crippen LogP contribution in [0.5, 0.6) is 0 Å². The first-order chi connectivity index (χ1) is 12.8. The Balaban J connectivity index is 2.27. The van der Waals surface area contributed by atoms with E-state index in [4.69, 9.17) is 10.5 Å². The molecule has 0 fully saturated rings. The van der Waals surface area contributed by atoms with E-state index in [0.717, 1.165) is 0 Å². The van der Waals surface area contributed by atoms with Crippen LogP contribution in [0.4, 0.5) is 0 Å². The number of hydrogen-bond acceptors (Lipinski definition) is 5. The SMILES string of the molecule is CCOC(=O)c1cccc(-c2cccc(C(=O)N(C)[C@H](C)CC(N)=O)c2)n1. The molecule has 2 N–H and O–H groups in total. The zero-order valence-electron chi connectivity index (χ0n) is 15.6. The van der Waals surface area contributed by atoms with Gasteiger partial charge in [0.05, 0.1) is 12.3 Å². The average Bonchev–Trinajstić information content (AvgIpc) is 2.66. The Hall–Kier alpha value is -3.22. The normalized spacial score (nSPS) is 11.5. The topological polar surface area (TPSA) is 103 Å². The van der Waals surface area contributed by atoms with Gasteiger partial charge in [-0.1, -0.05) is 18.2 Å². The molecule has 0 aliphatic heterocycles. The van der Waals surface area contributed by atoms with Crippen LogP contribution in [0.2, 0.25) is 0 Å². The van der Waals surface area contributed by atoms with E-state index in [1.165, 1.54) is 4.90 Å². The van der Waals surface area contributed by atoms with Crippen molar-refractivity contribution >= 4 is 17.8 Å². The molecule has 0 aliphatic rings. The lowest BCUT2D eigenvalue weighted by molar-refractivity contribution is -0.118. The van der Waals surface area contributed by atoms with E-state index in [1.54, 1.807) is 63.4 Å². The Morgan fingerprint density at radius 1 is 1.19 bits per heavy atom. The van der Waals surface area contributed by atoms with E-state index in [-0.39, 0.29) is 30.7 Å². The van der Waals surface area contributed by atoms with Gasteiger partial charge in [0.2, 0.25) is 5.91 Å². The summed E-state index contributed by atoms with van der Waals surface area (Å²) in [5.41, 5.74) is 7.12. The van der Waals surface area contributed by atoms with Gasteiger partial charge in [-0.3, -0.25) is 9.59 Å². The molecule has 0 bridgehead atoms. The first kappa shape index (κ1) is 20.1. The summed E-state index contributed by atoms with van der Waals surface area (Å²) in [7, 11) is 1.63. The third kappa shape index (κ3) is 5.13. The minimum absolute atomic E-state index is 0.0884. The minimum atomic E-state index is -0.494. The summed E-state index contributed by atoms with van der Waals surface area (Å²) >= 11 is 0. The lowest BCUT2D eigenvalue weighted by atomic mass is 10.1. The van der Waals surface area contributed by atoms with Crippen molar-refractivity contribution in [2.45, 2.75) is 26.3 Å². The molecule has 0 unspecified atom stereocenters. The molecular formula is C20H23N3O4. The molecule has 0 saturated heterocycles. The van der Waals surface area contributed by atoms with Gasteiger partial charge >= 0.3 is 5.97 Å². The number of ether oxygens (including phenoxy) is 1.